The van der Waals surface area contributed by atoms with E-state index in [4.69, 9.17) is 0 Å². The molecule has 0 aromatic heterocycles. The summed E-state index contributed by atoms with van der Waals surface area (Å²) < 4.78 is 0. The number of nitrogens with zero attached hydrogens (tertiary/aromatic N) is 2. The average Bonchev–Trinajstić information content (AvgIpc) is 2.40. The Labute approximate surface area is 150 Å². The van der Waals surface area contributed by atoms with E-state index in [0.717, 1.165) is 41.2 Å². The largest absolute Gasteiger partial charge is 0.301 e. The van der Waals surface area contributed by atoms with Crippen LogP contribution in [0.4, 0.5) is 0 Å². The Morgan fingerprint density at radius 1 is 0.917 bits per heavy atom. The summed E-state index contributed by atoms with van der Waals surface area (Å²) in [5.74, 6) is 4.05. The van der Waals surface area contributed by atoms with E-state index in [1.807, 2.05) is 0 Å². The van der Waals surface area contributed by atoms with E-state index in [1.54, 1.807) is 19.3 Å². The van der Waals surface area contributed by atoms with Crippen molar-refractivity contribution in [2.24, 2.45) is 29.1 Å². The molecule has 2 aliphatic heterocycles. The molecule has 2 heterocycles. The number of likely N-dealkylation sites (tertiary alicyclic amines) is 2. The van der Waals surface area contributed by atoms with Gasteiger partial charge in [0.15, 0.2) is 0 Å². The second-order valence-corrected chi connectivity index (χ2v) is 10.6. The van der Waals surface area contributed by atoms with Crippen LogP contribution in [0.25, 0.3) is 0 Å². The SMILES string of the molecule is CC(C)C1CC(N2CC3(CC(CC4CCN(C(C)C)CC4)C3)C2)C1. The van der Waals surface area contributed by atoms with E-state index in [2.05, 4.69) is 37.5 Å². The molecule has 4 aliphatic rings. The Kier molecular flexibility index (Phi) is 4.75. The first-order valence-corrected chi connectivity index (χ1v) is 10.9. The van der Waals surface area contributed by atoms with E-state index in [0.29, 0.717) is 0 Å². The summed E-state index contributed by atoms with van der Waals surface area (Å²) in [6, 6.07) is 1.71. The lowest BCUT2D eigenvalue weighted by molar-refractivity contribution is -0.140. The topological polar surface area (TPSA) is 6.48 Å². The molecule has 0 aromatic carbocycles. The Morgan fingerprint density at radius 2 is 1.54 bits per heavy atom. The van der Waals surface area contributed by atoms with Gasteiger partial charge in [-0.15, -0.1) is 0 Å². The Balaban J connectivity index is 1.12. The van der Waals surface area contributed by atoms with Crippen LogP contribution in [0.5, 0.6) is 0 Å². The molecule has 4 rings (SSSR count). The molecule has 0 aromatic rings. The Bertz CT molecular complexity index is 415. The Hall–Kier alpha value is -0.0800. The third-order valence-corrected chi connectivity index (χ3v) is 8.18. The summed E-state index contributed by atoms with van der Waals surface area (Å²) >= 11 is 0. The van der Waals surface area contributed by atoms with Gasteiger partial charge in [-0.1, -0.05) is 13.8 Å². The third kappa shape index (κ3) is 3.30. The fraction of sp³-hybridized carbons (Fsp3) is 1.00. The molecule has 4 fully saturated rings. The quantitative estimate of drug-likeness (QED) is 0.723. The molecule has 0 amide bonds. The molecule has 0 unspecified atom stereocenters. The zero-order valence-corrected chi connectivity index (χ0v) is 16.6. The van der Waals surface area contributed by atoms with Crippen molar-refractivity contribution in [1.82, 2.24) is 9.80 Å². The van der Waals surface area contributed by atoms with Crippen molar-refractivity contribution < 1.29 is 0 Å². The molecule has 2 nitrogen and oxygen atoms in total. The van der Waals surface area contributed by atoms with Crippen molar-refractivity contribution >= 4 is 0 Å². The van der Waals surface area contributed by atoms with E-state index >= 15 is 0 Å². The van der Waals surface area contributed by atoms with Gasteiger partial charge < -0.3 is 4.90 Å². The van der Waals surface area contributed by atoms with Crippen molar-refractivity contribution in [1.29, 1.82) is 0 Å². The molecule has 0 radical (unpaired) electrons. The highest BCUT2D eigenvalue weighted by Crippen LogP contribution is 2.56. The maximum Gasteiger partial charge on any atom is 0.0101 e. The summed E-state index contributed by atoms with van der Waals surface area (Å²) in [6.45, 7) is 15.1. The van der Waals surface area contributed by atoms with Crippen LogP contribution in [-0.4, -0.2) is 48.1 Å². The van der Waals surface area contributed by atoms with Crippen LogP contribution >= 0.6 is 0 Å². The van der Waals surface area contributed by atoms with Crippen molar-refractivity contribution in [3.8, 4) is 0 Å². The molecule has 2 aliphatic carbocycles. The Morgan fingerprint density at radius 3 is 2.08 bits per heavy atom. The van der Waals surface area contributed by atoms with Gasteiger partial charge in [0.05, 0.1) is 0 Å². The molecular weight excluding hydrogens is 292 g/mol. The van der Waals surface area contributed by atoms with Crippen molar-refractivity contribution in [2.45, 2.75) is 84.7 Å². The van der Waals surface area contributed by atoms with Gasteiger partial charge in [0.25, 0.3) is 0 Å². The summed E-state index contributed by atoms with van der Waals surface area (Å²) in [5.41, 5.74) is 0.784. The van der Waals surface area contributed by atoms with Gasteiger partial charge in [-0.05, 0) is 101 Å². The number of rotatable bonds is 5. The first kappa shape index (κ1) is 17.3. The first-order valence-electron chi connectivity index (χ1n) is 10.9. The fourth-order valence-electron chi connectivity index (χ4n) is 6.31. The highest BCUT2D eigenvalue weighted by atomic mass is 15.2. The lowest BCUT2D eigenvalue weighted by atomic mass is 9.55. The maximum absolute atomic E-state index is 2.83. The molecule has 2 saturated carbocycles. The fourth-order valence-corrected chi connectivity index (χ4v) is 6.31. The van der Waals surface area contributed by atoms with Gasteiger partial charge in [0, 0.05) is 25.2 Å². The number of piperidine rings is 1. The minimum absolute atomic E-state index is 0.751. The summed E-state index contributed by atoms with van der Waals surface area (Å²) in [7, 11) is 0. The molecule has 0 bridgehead atoms. The second kappa shape index (κ2) is 6.58. The van der Waals surface area contributed by atoms with Crippen LogP contribution < -0.4 is 0 Å². The molecule has 24 heavy (non-hydrogen) atoms. The number of hydrogen-bond acceptors (Lipinski definition) is 2. The molecule has 138 valence electrons. The van der Waals surface area contributed by atoms with E-state index in [-0.39, 0.29) is 0 Å². The van der Waals surface area contributed by atoms with Crippen LogP contribution in [-0.2, 0) is 0 Å². The number of hydrogen-bond donors (Lipinski definition) is 0. The van der Waals surface area contributed by atoms with Gasteiger partial charge in [-0.25, -0.2) is 0 Å². The van der Waals surface area contributed by atoms with E-state index in [9.17, 15) is 0 Å². The van der Waals surface area contributed by atoms with Crippen molar-refractivity contribution in [2.75, 3.05) is 26.2 Å². The molecular formula is C22H40N2. The lowest BCUT2D eigenvalue weighted by Gasteiger charge is -2.64. The highest BCUT2D eigenvalue weighted by Gasteiger charge is 2.54. The van der Waals surface area contributed by atoms with Crippen LogP contribution in [0.1, 0.15) is 72.6 Å². The second-order valence-electron chi connectivity index (χ2n) is 10.6. The monoisotopic (exact) mass is 332 g/mol. The van der Waals surface area contributed by atoms with Gasteiger partial charge >= 0.3 is 0 Å². The van der Waals surface area contributed by atoms with Crippen LogP contribution in [0.2, 0.25) is 0 Å². The average molecular weight is 333 g/mol. The predicted molar refractivity (Wildman–Crippen MR) is 102 cm³/mol. The minimum Gasteiger partial charge on any atom is -0.301 e. The molecule has 2 saturated heterocycles. The van der Waals surface area contributed by atoms with Crippen LogP contribution in [0.3, 0.4) is 0 Å². The van der Waals surface area contributed by atoms with Gasteiger partial charge in [-0.3, -0.25) is 4.90 Å². The summed E-state index contributed by atoms with van der Waals surface area (Å²) in [5, 5.41) is 0. The minimum atomic E-state index is 0.751. The molecule has 1 spiro atoms. The van der Waals surface area contributed by atoms with Crippen molar-refractivity contribution in [3.05, 3.63) is 0 Å². The van der Waals surface area contributed by atoms with Crippen molar-refractivity contribution in [3.63, 3.8) is 0 Å². The first-order chi connectivity index (χ1) is 11.4. The van der Waals surface area contributed by atoms with Gasteiger partial charge in [-0.2, -0.15) is 0 Å². The molecule has 0 atom stereocenters. The summed E-state index contributed by atoms with van der Waals surface area (Å²) in [4.78, 5) is 5.50. The molecule has 0 N–H and O–H groups in total. The molecule has 2 heteroatoms. The van der Waals surface area contributed by atoms with E-state index in [1.165, 1.54) is 51.9 Å². The predicted octanol–water partition coefficient (Wildman–Crippen LogP) is 4.64. The smallest absolute Gasteiger partial charge is 0.0101 e. The normalized spacial score (nSPS) is 35.2. The van der Waals surface area contributed by atoms with Crippen LogP contribution in [0.15, 0.2) is 0 Å². The third-order valence-electron chi connectivity index (χ3n) is 8.18. The standard InChI is InChI=1S/C22H40N2/c1-16(2)20-10-21(11-20)24-14-22(15-24)12-19(13-22)9-18-5-7-23(8-6-18)17(3)4/h16-21H,5-15H2,1-4H3. The lowest BCUT2D eigenvalue weighted by Crippen LogP contribution is -2.66. The zero-order valence-electron chi connectivity index (χ0n) is 16.6. The van der Waals surface area contributed by atoms with Gasteiger partial charge in [0.1, 0.15) is 0 Å². The maximum atomic E-state index is 2.83. The van der Waals surface area contributed by atoms with Gasteiger partial charge in [0.2, 0.25) is 0 Å². The zero-order chi connectivity index (χ0) is 16.9. The highest BCUT2D eigenvalue weighted by molar-refractivity contribution is 5.07. The van der Waals surface area contributed by atoms with E-state index < -0.39 is 0 Å². The van der Waals surface area contributed by atoms with Crippen LogP contribution in [0, 0.1) is 29.1 Å². The summed E-state index contributed by atoms with van der Waals surface area (Å²) in [6.07, 6.45) is 10.6.